The molecule has 1 aromatic rings. The number of hydrogen-bond donors (Lipinski definition) is 1. The van der Waals surface area contributed by atoms with Gasteiger partial charge in [0.25, 0.3) is 0 Å². The highest BCUT2D eigenvalue weighted by molar-refractivity contribution is 5.24. The van der Waals surface area contributed by atoms with Crippen molar-refractivity contribution < 1.29 is 4.39 Å². The van der Waals surface area contributed by atoms with E-state index in [-0.39, 0.29) is 11.2 Å². The largest absolute Gasteiger partial charge is 0.326 e. The van der Waals surface area contributed by atoms with Gasteiger partial charge in [-0.2, -0.15) is 0 Å². The minimum absolute atomic E-state index is 0.202. The van der Waals surface area contributed by atoms with Crippen LogP contribution in [0.25, 0.3) is 0 Å². The molecule has 0 aliphatic heterocycles. The molecule has 1 aromatic carbocycles. The Bertz CT molecular complexity index is 369. The zero-order valence-electron chi connectivity index (χ0n) is 11.3. The minimum atomic E-state index is -0.202. The summed E-state index contributed by atoms with van der Waals surface area (Å²) in [7, 11) is 2.05. The first kappa shape index (κ1) is 14.1. The number of benzene rings is 1. The van der Waals surface area contributed by atoms with Crippen molar-refractivity contribution in [3.63, 3.8) is 0 Å². The van der Waals surface area contributed by atoms with Crippen molar-refractivity contribution in [2.24, 2.45) is 11.1 Å². The molecule has 3 heteroatoms. The van der Waals surface area contributed by atoms with E-state index in [1.807, 2.05) is 6.07 Å². The van der Waals surface area contributed by atoms with Gasteiger partial charge in [-0.3, -0.25) is 0 Å². The average molecular weight is 238 g/mol. The molecule has 0 heterocycles. The van der Waals surface area contributed by atoms with Crippen molar-refractivity contribution in [3.8, 4) is 0 Å². The second-order valence-corrected chi connectivity index (χ2v) is 5.90. The highest BCUT2D eigenvalue weighted by atomic mass is 19.1. The third-order valence-electron chi connectivity index (χ3n) is 2.45. The molecule has 0 saturated carbocycles. The van der Waals surface area contributed by atoms with E-state index in [1.54, 1.807) is 6.07 Å². The Morgan fingerprint density at radius 1 is 1.18 bits per heavy atom. The SMILES string of the molecule is CN(Cc1cc(F)cc(CN)c1)CC(C)(C)C. The van der Waals surface area contributed by atoms with E-state index in [0.717, 1.165) is 24.2 Å². The van der Waals surface area contributed by atoms with Crippen molar-refractivity contribution in [2.45, 2.75) is 33.9 Å². The molecule has 0 radical (unpaired) electrons. The van der Waals surface area contributed by atoms with Gasteiger partial charge in [0.1, 0.15) is 5.82 Å². The molecule has 0 atom stereocenters. The van der Waals surface area contributed by atoms with Crippen LogP contribution in [0.5, 0.6) is 0 Å². The van der Waals surface area contributed by atoms with Crippen LogP contribution in [0, 0.1) is 11.2 Å². The second kappa shape index (κ2) is 5.61. The predicted molar refractivity (Wildman–Crippen MR) is 70.1 cm³/mol. The Balaban J connectivity index is 2.71. The summed E-state index contributed by atoms with van der Waals surface area (Å²) in [6, 6.07) is 5.05. The molecule has 1 rings (SSSR count). The molecule has 0 aliphatic rings. The van der Waals surface area contributed by atoms with Gasteiger partial charge in [0, 0.05) is 19.6 Å². The van der Waals surface area contributed by atoms with Gasteiger partial charge < -0.3 is 10.6 Å². The van der Waals surface area contributed by atoms with E-state index in [2.05, 4.69) is 32.7 Å². The van der Waals surface area contributed by atoms with Crippen LogP contribution in [0.4, 0.5) is 4.39 Å². The van der Waals surface area contributed by atoms with Crippen LogP contribution >= 0.6 is 0 Å². The minimum Gasteiger partial charge on any atom is -0.326 e. The summed E-state index contributed by atoms with van der Waals surface area (Å²) in [4.78, 5) is 2.20. The second-order valence-electron chi connectivity index (χ2n) is 5.90. The number of nitrogens with two attached hydrogens (primary N) is 1. The number of rotatable bonds is 4. The lowest BCUT2D eigenvalue weighted by Crippen LogP contribution is -2.28. The number of halogens is 1. The third kappa shape index (κ3) is 5.29. The fourth-order valence-electron chi connectivity index (χ4n) is 2.10. The van der Waals surface area contributed by atoms with E-state index in [0.29, 0.717) is 6.54 Å². The van der Waals surface area contributed by atoms with Crippen LogP contribution < -0.4 is 5.73 Å². The highest BCUT2D eigenvalue weighted by Gasteiger charge is 2.13. The predicted octanol–water partition coefficient (Wildman–Crippen LogP) is 2.76. The van der Waals surface area contributed by atoms with E-state index >= 15 is 0 Å². The van der Waals surface area contributed by atoms with Crippen molar-refractivity contribution in [1.29, 1.82) is 0 Å². The molecule has 0 aromatic heterocycles. The van der Waals surface area contributed by atoms with Gasteiger partial charge in [-0.15, -0.1) is 0 Å². The zero-order valence-corrected chi connectivity index (χ0v) is 11.3. The first-order valence-corrected chi connectivity index (χ1v) is 5.97. The van der Waals surface area contributed by atoms with Gasteiger partial charge in [-0.05, 0) is 35.7 Å². The zero-order chi connectivity index (χ0) is 13.1. The maximum absolute atomic E-state index is 13.3. The Labute approximate surface area is 104 Å². The maximum Gasteiger partial charge on any atom is 0.123 e. The number of nitrogens with zero attached hydrogens (tertiary/aromatic N) is 1. The molecule has 2 nitrogen and oxygen atoms in total. The topological polar surface area (TPSA) is 29.3 Å². The standard InChI is InChI=1S/C14H23FN2/c1-14(2,3)10-17(4)9-12-5-11(8-16)6-13(15)7-12/h5-7H,8-10,16H2,1-4H3. The lowest BCUT2D eigenvalue weighted by molar-refractivity contribution is 0.220. The number of hydrogen-bond acceptors (Lipinski definition) is 2. The van der Waals surface area contributed by atoms with E-state index in [1.165, 1.54) is 6.07 Å². The Kier molecular flexibility index (Phi) is 4.66. The molecule has 0 bridgehead atoms. The quantitative estimate of drug-likeness (QED) is 0.874. The van der Waals surface area contributed by atoms with E-state index in [4.69, 9.17) is 5.73 Å². The van der Waals surface area contributed by atoms with Gasteiger partial charge >= 0.3 is 0 Å². The first-order valence-electron chi connectivity index (χ1n) is 5.97. The van der Waals surface area contributed by atoms with Crippen molar-refractivity contribution in [1.82, 2.24) is 4.90 Å². The van der Waals surface area contributed by atoms with Crippen LogP contribution in [0.3, 0.4) is 0 Å². The van der Waals surface area contributed by atoms with Gasteiger partial charge in [-0.25, -0.2) is 4.39 Å². The molecule has 2 N–H and O–H groups in total. The molecule has 0 aliphatic carbocycles. The molecule has 0 amide bonds. The summed E-state index contributed by atoms with van der Waals surface area (Å²) in [5.41, 5.74) is 7.62. The molecular formula is C14H23FN2. The van der Waals surface area contributed by atoms with Gasteiger partial charge in [0.05, 0.1) is 0 Å². The molecule has 0 fully saturated rings. The molecule has 17 heavy (non-hydrogen) atoms. The van der Waals surface area contributed by atoms with Crippen molar-refractivity contribution >= 4 is 0 Å². The monoisotopic (exact) mass is 238 g/mol. The molecule has 96 valence electrons. The average Bonchev–Trinajstić information content (AvgIpc) is 2.13. The first-order chi connectivity index (χ1) is 7.80. The Hall–Kier alpha value is -0.930. The fraction of sp³-hybridized carbons (Fsp3) is 0.571. The smallest absolute Gasteiger partial charge is 0.123 e. The van der Waals surface area contributed by atoms with Gasteiger partial charge in [0.2, 0.25) is 0 Å². The molecule has 0 saturated heterocycles. The summed E-state index contributed by atoms with van der Waals surface area (Å²) in [5.74, 6) is -0.202. The normalized spacial score (nSPS) is 12.2. The van der Waals surface area contributed by atoms with Gasteiger partial charge in [0.15, 0.2) is 0 Å². The highest BCUT2D eigenvalue weighted by Crippen LogP contribution is 2.17. The van der Waals surface area contributed by atoms with Crippen LogP contribution in [0.1, 0.15) is 31.9 Å². The fourth-order valence-corrected chi connectivity index (χ4v) is 2.10. The Morgan fingerprint density at radius 2 is 1.76 bits per heavy atom. The summed E-state index contributed by atoms with van der Waals surface area (Å²) in [6.07, 6.45) is 0. The van der Waals surface area contributed by atoms with Crippen molar-refractivity contribution in [2.75, 3.05) is 13.6 Å². The van der Waals surface area contributed by atoms with Crippen LogP contribution in [-0.2, 0) is 13.1 Å². The lowest BCUT2D eigenvalue weighted by atomic mass is 9.96. The van der Waals surface area contributed by atoms with Crippen molar-refractivity contribution in [3.05, 3.63) is 35.1 Å². The molecule has 0 unspecified atom stereocenters. The van der Waals surface area contributed by atoms with Crippen LogP contribution in [0.15, 0.2) is 18.2 Å². The van der Waals surface area contributed by atoms with Gasteiger partial charge in [-0.1, -0.05) is 26.8 Å². The van der Waals surface area contributed by atoms with Crippen LogP contribution in [0.2, 0.25) is 0 Å². The summed E-state index contributed by atoms with van der Waals surface area (Å²) < 4.78 is 13.3. The summed E-state index contributed by atoms with van der Waals surface area (Å²) in [5, 5.41) is 0. The lowest BCUT2D eigenvalue weighted by Gasteiger charge is -2.26. The molecule has 0 spiro atoms. The Morgan fingerprint density at radius 3 is 2.29 bits per heavy atom. The van der Waals surface area contributed by atoms with Crippen LogP contribution in [-0.4, -0.2) is 18.5 Å². The molecular weight excluding hydrogens is 215 g/mol. The van der Waals surface area contributed by atoms with E-state index < -0.39 is 0 Å². The maximum atomic E-state index is 13.3. The summed E-state index contributed by atoms with van der Waals surface area (Å²) in [6.45, 7) is 8.69. The third-order valence-corrected chi connectivity index (χ3v) is 2.45. The summed E-state index contributed by atoms with van der Waals surface area (Å²) >= 11 is 0. The van der Waals surface area contributed by atoms with E-state index in [9.17, 15) is 4.39 Å².